The molecule has 4 rings (SSSR count). The molecule has 2 saturated heterocycles. The summed E-state index contributed by atoms with van der Waals surface area (Å²) in [4.78, 5) is 0.0779. The van der Waals surface area contributed by atoms with E-state index in [9.17, 15) is 21.9 Å². The molecule has 2 heterocycles. The summed E-state index contributed by atoms with van der Waals surface area (Å²) in [5.74, 6) is 0.337. The Morgan fingerprint density at radius 1 is 1.16 bits per heavy atom. The van der Waals surface area contributed by atoms with Crippen LogP contribution < -0.4 is 14.8 Å². The van der Waals surface area contributed by atoms with Crippen molar-refractivity contribution in [3.63, 3.8) is 0 Å². The number of hydrogen-bond donors (Lipinski definition) is 3. The van der Waals surface area contributed by atoms with E-state index in [0.29, 0.717) is 44.7 Å². The van der Waals surface area contributed by atoms with Crippen molar-refractivity contribution in [1.82, 2.24) is 14.3 Å². The van der Waals surface area contributed by atoms with Gasteiger partial charge >= 0.3 is 0 Å². The molecule has 10 nitrogen and oxygen atoms in total. The molecule has 0 radical (unpaired) electrons. The van der Waals surface area contributed by atoms with Gasteiger partial charge in [0.15, 0.2) is 0 Å². The highest BCUT2D eigenvalue weighted by Gasteiger charge is 2.45. The van der Waals surface area contributed by atoms with E-state index in [2.05, 4.69) is 10.0 Å². The average molecular weight is 609 g/mol. The Kier molecular flexibility index (Phi) is 9.28. The Morgan fingerprint density at radius 2 is 1.87 bits per heavy atom. The first-order chi connectivity index (χ1) is 18.0. The summed E-state index contributed by atoms with van der Waals surface area (Å²) >= 11 is 12.2. The second-order valence-corrected chi connectivity index (χ2v) is 14.0. The Hall–Kier alpha value is -1.48. The van der Waals surface area contributed by atoms with Gasteiger partial charge in [-0.3, -0.25) is 0 Å². The molecule has 3 N–H and O–H groups in total. The van der Waals surface area contributed by atoms with E-state index in [1.807, 2.05) is 0 Å². The first-order valence-corrected chi connectivity index (χ1v) is 15.8. The number of ether oxygens (including phenoxy) is 2. The first-order valence-electron chi connectivity index (χ1n) is 12.1. The third-order valence-corrected chi connectivity index (χ3v) is 11.1. The van der Waals surface area contributed by atoms with Gasteiger partial charge in [0, 0.05) is 31.7 Å². The summed E-state index contributed by atoms with van der Waals surface area (Å²) in [5.41, 5.74) is -0.428. The van der Waals surface area contributed by atoms with Gasteiger partial charge in [-0.25, -0.2) is 21.6 Å². The van der Waals surface area contributed by atoms with Gasteiger partial charge in [-0.15, -0.1) is 0 Å². The number of sulfonamides is 2. The summed E-state index contributed by atoms with van der Waals surface area (Å²) < 4.78 is 65.5. The van der Waals surface area contributed by atoms with Gasteiger partial charge in [0.1, 0.15) is 23.4 Å². The van der Waals surface area contributed by atoms with Gasteiger partial charge < -0.3 is 19.9 Å². The SMILES string of the molecule is CNS(=O)(=O)c1cccc(OC[C@@H](O)CNC2COC3(CCN(S(=O)(=O)c4cccc(Cl)c4Cl)CC3)C2)c1. The molecule has 38 heavy (non-hydrogen) atoms. The van der Waals surface area contributed by atoms with Gasteiger partial charge in [-0.05, 0) is 50.6 Å². The highest BCUT2D eigenvalue weighted by molar-refractivity contribution is 7.89. The van der Waals surface area contributed by atoms with Gasteiger partial charge in [0.2, 0.25) is 20.0 Å². The molecule has 2 fully saturated rings. The smallest absolute Gasteiger partial charge is 0.244 e. The third-order valence-electron chi connectivity index (χ3n) is 6.85. The highest BCUT2D eigenvalue weighted by Crippen LogP contribution is 2.38. The number of aliphatic hydroxyl groups excluding tert-OH is 1. The van der Waals surface area contributed by atoms with E-state index in [-0.39, 0.29) is 39.0 Å². The standard InChI is InChI=1S/C24H31Cl2N3O7S2/c1-27-37(31,32)20-5-2-4-19(12-20)35-16-18(30)14-28-17-13-24(36-15-17)8-10-29(11-9-24)38(33,34)22-7-3-6-21(25)23(22)26/h2-7,12,17-18,27-28,30H,8-11,13-16H2,1H3/t17?,18-/m0/s1. The van der Waals surface area contributed by atoms with Crippen LogP contribution in [0.15, 0.2) is 52.3 Å². The Morgan fingerprint density at radius 3 is 2.58 bits per heavy atom. The summed E-state index contributed by atoms with van der Waals surface area (Å²) in [5, 5.41) is 13.9. The minimum Gasteiger partial charge on any atom is -0.491 e. The predicted octanol–water partition coefficient (Wildman–Crippen LogP) is 2.24. The fraction of sp³-hybridized carbons (Fsp3) is 0.500. The minimum absolute atomic E-state index is 0.000666. The van der Waals surface area contributed by atoms with E-state index in [0.717, 1.165) is 0 Å². The average Bonchev–Trinajstić information content (AvgIpc) is 3.30. The van der Waals surface area contributed by atoms with Gasteiger partial charge in [-0.1, -0.05) is 35.3 Å². The molecule has 0 bridgehead atoms. The fourth-order valence-corrected chi connectivity index (χ4v) is 7.63. The van der Waals surface area contributed by atoms with Crippen molar-refractivity contribution >= 4 is 43.2 Å². The minimum atomic E-state index is -3.78. The molecule has 2 atom stereocenters. The van der Waals surface area contributed by atoms with E-state index in [1.165, 1.54) is 29.6 Å². The second-order valence-electron chi connectivity index (χ2n) is 9.41. The van der Waals surface area contributed by atoms with Crippen LogP contribution in [0.3, 0.4) is 0 Å². The van der Waals surface area contributed by atoms with Crippen LogP contribution in [0, 0.1) is 0 Å². The van der Waals surface area contributed by atoms with Gasteiger partial charge in [-0.2, -0.15) is 4.31 Å². The van der Waals surface area contributed by atoms with Gasteiger partial charge in [0.05, 0.1) is 27.1 Å². The Balaban J connectivity index is 1.24. The monoisotopic (exact) mass is 607 g/mol. The second kappa shape index (κ2) is 11.9. The largest absolute Gasteiger partial charge is 0.491 e. The maximum atomic E-state index is 13.1. The van der Waals surface area contributed by atoms with Crippen LogP contribution in [-0.2, 0) is 24.8 Å². The molecule has 2 aliphatic heterocycles. The number of aliphatic hydroxyl groups is 1. The zero-order valence-electron chi connectivity index (χ0n) is 20.8. The molecule has 2 aromatic rings. The topological polar surface area (TPSA) is 134 Å². The zero-order chi connectivity index (χ0) is 27.6. The van der Waals surface area contributed by atoms with Crippen molar-refractivity contribution < 1.29 is 31.4 Å². The van der Waals surface area contributed by atoms with Crippen LogP contribution >= 0.6 is 23.2 Å². The number of nitrogens with one attached hydrogen (secondary N) is 2. The van der Waals surface area contributed by atoms with Crippen molar-refractivity contribution in [2.45, 2.75) is 46.8 Å². The molecule has 1 spiro atoms. The maximum Gasteiger partial charge on any atom is 0.244 e. The van der Waals surface area contributed by atoms with E-state index in [4.69, 9.17) is 32.7 Å². The quantitative estimate of drug-likeness (QED) is 0.374. The Labute approximate surface area is 233 Å². The van der Waals surface area contributed by atoms with Gasteiger partial charge in [0.25, 0.3) is 0 Å². The number of nitrogens with zero attached hydrogens (tertiary/aromatic N) is 1. The molecule has 2 aliphatic rings. The number of rotatable bonds is 10. The van der Waals surface area contributed by atoms with Crippen LogP contribution in [0.1, 0.15) is 19.3 Å². The number of benzene rings is 2. The molecular formula is C24H31Cl2N3O7S2. The lowest BCUT2D eigenvalue weighted by Gasteiger charge is -2.38. The van der Waals surface area contributed by atoms with E-state index < -0.39 is 31.8 Å². The summed E-state index contributed by atoms with van der Waals surface area (Å²) in [6.07, 6.45) is 0.946. The summed E-state index contributed by atoms with van der Waals surface area (Å²) in [6.45, 7) is 1.29. The molecule has 0 aromatic heterocycles. The molecule has 210 valence electrons. The van der Waals surface area contributed by atoms with Crippen molar-refractivity contribution in [1.29, 1.82) is 0 Å². The molecule has 0 saturated carbocycles. The molecule has 14 heteroatoms. The third kappa shape index (κ3) is 6.62. The number of piperidine rings is 1. The van der Waals surface area contributed by atoms with E-state index >= 15 is 0 Å². The van der Waals surface area contributed by atoms with Crippen molar-refractivity contribution in [3.05, 3.63) is 52.5 Å². The van der Waals surface area contributed by atoms with Crippen molar-refractivity contribution in [3.8, 4) is 5.75 Å². The Bertz CT molecular complexity index is 1350. The van der Waals surface area contributed by atoms with Crippen LogP contribution in [0.25, 0.3) is 0 Å². The molecule has 1 unspecified atom stereocenters. The lowest BCUT2D eigenvalue weighted by Crippen LogP contribution is -2.47. The van der Waals surface area contributed by atoms with Crippen LogP contribution in [0.5, 0.6) is 5.75 Å². The van der Waals surface area contributed by atoms with Crippen LogP contribution in [-0.4, -0.2) is 83.9 Å². The van der Waals surface area contributed by atoms with Crippen LogP contribution in [0.4, 0.5) is 0 Å². The number of hydrogen-bond acceptors (Lipinski definition) is 8. The lowest BCUT2D eigenvalue weighted by molar-refractivity contribution is -0.0312. The van der Waals surface area contributed by atoms with Crippen molar-refractivity contribution in [2.75, 3.05) is 39.9 Å². The van der Waals surface area contributed by atoms with Crippen LogP contribution in [0.2, 0.25) is 10.0 Å². The molecule has 2 aromatic carbocycles. The fourth-order valence-electron chi connectivity index (χ4n) is 4.68. The van der Waals surface area contributed by atoms with E-state index in [1.54, 1.807) is 24.3 Å². The normalized spacial score (nSPS) is 21.0. The summed E-state index contributed by atoms with van der Waals surface area (Å²) in [6, 6.07) is 10.6. The predicted molar refractivity (Wildman–Crippen MR) is 144 cm³/mol. The zero-order valence-corrected chi connectivity index (χ0v) is 23.9. The number of halogens is 2. The van der Waals surface area contributed by atoms with Crippen molar-refractivity contribution in [2.24, 2.45) is 0 Å². The molecular weight excluding hydrogens is 577 g/mol. The lowest BCUT2D eigenvalue weighted by atomic mass is 9.88. The maximum absolute atomic E-state index is 13.1. The molecule has 0 amide bonds. The summed E-state index contributed by atoms with van der Waals surface area (Å²) in [7, 11) is -6.04. The first kappa shape index (κ1) is 29.5. The molecule has 0 aliphatic carbocycles. The highest BCUT2D eigenvalue weighted by atomic mass is 35.5.